The highest BCUT2D eigenvalue weighted by molar-refractivity contribution is 5.85. The Bertz CT molecular complexity index is 607. The summed E-state index contributed by atoms with van der Waals surface area (Å²) in [6.45, 7) is 2.07. The lowest BCUT2D eigenvalue weighted by molar-refractivity contribution is 0.562. The lowest BCUT2D eigenvalue weighted by Gasteiger charge is -2.27. The van der Waals surface area contributed by atoms with Crippen molar-refractivity contribution in [3.63, 3.8) is 0 Å². The molecule has 0 spiro atoms. The number of hydrogen-bond donors (Lipinski definition) is 0. The van der Waals surface area contributed by atoms with E-state index in [0.717, 1.165) is 30.7 Å². The smallest absolute Gasteiger partial charge is 0.232 e. The van der Waals surface area contributed by atoms with Crippen LogP contribution in [-0.4, -0.2) is 34.9 Å². The standard InChI is InChI=1S/C15H20FN5.ClH/c1-19(13-8-6-12(16)7-9-13)14-17-18-15(20(14)2)21-10-4-3-5-11-21;/h6-9H,3-5,10-11H2,1-2H3;1H. The molecule has 1 aromatic carbocycles. The van der Waals surface area contributed by atoms with Gasteiger partial charge in [-0.15, -0.1) is 22.6 Å². The predicted octanol–water partition coefficient (Wildman–Crippen LogP) is 3.13. The number of rotatable bonds is 3. The Morgan fingerprint density at radius 1 is 1.05 bits per heavy atom. The van der Waals surface area contributed by atoms with E-state index in [1.165, 1.54) is 31.4 Å². The van der Waals surface area contributed by atoms with Gasteiger partial charge in [0.25, 0.3) is 0 Å². The first-order valence-electron chi connectivity index (χ1n) is 7.30. The Balaban J connectivity index is 0.00000176. The Hall–Kier alpha value is -1.82. The van der Waals surface area contributed by atoms with E-state index >= 15 is 0 Å². The number of anilines is 3. The molecule has 3 rings (SSSR count). The Labute approximate surface area is 136 Å². The molecule has 0 N–H and O–H groups in total. The third kappa shape index (κ3) is 3.16. The molecule has 0 aliphatic carbocycles. The first-order chi connectivity index (χ1) is 10.2. The predicted molar refractivity (Wildman–Crippen MR) is 88.8 cm³/mol. The first kappa shape index (κ1) is 16.5. The number of piperidine rings is 1. The molecule has 1 aliphatic rings. The zero-order valence-electron chi connectivity index (χ0n) is 12.9. The van der Waals surface area contributed by atoms with Crippen LogP contribution in [0.5, 0.6) is 0 Å². The monoisotopic (exact) mass is 325 g/mol. The van der Waals surface area contributed by atoms with E-state index in [0.29, 0.717) is 0 Å². The van der Waals surface area contributed by atoms with Gasteiger partial charge in [-0.1, -0.05) is 0 Å². The largest absolute Gasteiger partial charge is 0.341 e. The maximum Gasteiger partial charge on any atom is 0.232 e. The fraction of sp³-hybridized carbons (Fsp3) is 0.467. The van der Waals surface area contributed by atoms with Crippen LogP contribution in [0.1, 0.15) is 19.3 Å². The Morgan fingerprint density at radius 3 is 2.32 bits per heavy atom. The second-order valence-electron chi connectivity index (χ2n) is 5.44. The molecule has 7 heteroatoms. The number of benzene rings is 1. The summed E-state index contributed by atoms with van der Waals surface area (Å²) in [7, 11) is 3.89. The molecule has 1 fully saturated rings. The summed E-state index contributed by atoms with van der Waals surface area (Å²) in [5.41, 5.74) is 0.886. The van der Waals surface area contributed by atoms with Crippen LogP contribution in [0.25, 0.3) is 0 Å². The van der Waals surface area contributed by atoms with Gasteiger partial charge in [-0.2, -0.15) is 0 Å². The molecule has 2 heterocycles. The van der Waals surface area contributed by atoms with E-state index < -0.39 is 0 Å². The zero-order chi connectivity index (χ0) is 14.8. The number of aromatic nitrogens is 3. The minimum Gasteiger partial charge on any atom is -0.341 e. The molecule has 1 saturated heterocycles. The maximum absolute atomic E-state index is 13.0. The van der Waals surface area contributed by atoms with E-state index in [9.17, 15) is 4.39 Å². The highest BCUT2D eigenvalue weighted by Crippen LogP contribution is 2.25. The maximum atomic E-state index is 13.0. The SMILES string of the molecule is CN(c1ccc(F)cc1)c1nnc(N2CCCCC2)n1C.Cl. The molecule has 1 aromatic heterocycles. The van der Waals surface area contributed by atoms with Gasteiger partial charge >= 0.3 is 0 Å². The highest BCUT2D eigenvalue weighted by Gasteiger charge is 2.20. The van der Waals surface area contributed by atoms with Crippen molar-refractivity contribution in [2.75, 3.05) is 29.9 Å². The van der Waals surface area contributed by atoms with Gasteiger partial charge < -0.3 is 9.80 Å². The minimum absolute atomic E-state index is 0. The molecule has 22 heavy (non-hydrogen) atoms. The van der Waals surface area contributed by atoms with Crippen LogP contribution in [-0.2, 0) is 7.05 Å². The average Bonchev–Trinajstić information content (AvgIpc) is 2.90. The molecule has 0 saturated carbocycles. The van der Waals surface area contributed by atoms with Gasteiger partial charge in [0.2, 0.25) is 11.9 Å². The topological polar surface area (TPSA) is 37.2 Å². The molecule has 0 amide bonds. The van der Waals surface area contributed by atoms with Crippen LogP contribution in [0, 0.1) is 5.82 Å². The van der Waals surface area contributed by atoms with Crippen molar-refractivity contribution in [2.24, 2.45) is 7.05 Å². The van der Waals surface area contributed by atoms with Gasteiger partial charge in [-0.25, -0.2) is 4.39 Å². The van der Waals surface area contributed by atoms with Crippen molar-refractivity contribution in [1.82, 2.24) is 14.8 Å². The molecule has 5 nitrogen and oxygen atoms in total. The molecule has 0 bridgehead atoms. The van der Waals surface area contributed by atoms with Crippen molar-refractivity contribution >= 4 is 30.0 Å². The van der Waals surface area contributed by atoms with E-state index in [-0.39, 0.29) is 18.2 Å². The summed E-state index contributed by atoms with van der Waals surface area (Å²) in [6, 6.07) is 6.39. The fourth-order valence-corrected chi connectivity index (χ4v) is 2.75. The van der Waals surface area contributed by atoms with Gasteiger partial charge in [-0.05, 0) is 43.5 Å². The molecule has 120 valence electrons. The number of hydrogen-bond acceptors (Lipinski definition) is 4. The summed E-state index contributed by atoms with van der Waals surface area (Å²) in [5.74, 6) is 1.42. The fourth-order valence-electron chi connectivity index (χ4n) is 2.75. The Morgan fingerprint density at radius 2 is 1.68 bits per heavy atom. The van der Waals surface area contributed by atoms with Crippen LogP contribution < -0.4 is 9.80 Å². The molecular weight excluding hydrogens is 305 g/mol. The van der Waals surface area contributed by atoms with Crippen LogP contribution in [0.15, 0.2) is 24.3 Å². The van der Waals surface area contributed by atoms with E-state index in [2.05, 4.69) is 15.1 Å². The third-order valence-corrected chi connectivity index (χ3v) is 3.98. The summed E-state index contributed by atoms with van der Waals surface area (Å²) < 4.78 is 15.0. The third-order valence-electron chi connectivity index (χ3n) is 3.98. The second kappa shape index (κ2) is 6.96. The summed E-state index contributed by atoms with van der Waals surface area (Å²) in [5, 5.41) is 8.62. The van der Waals surface area contributed by atoms with E-state index in [1.807, 2.05) is 23.6 Å². The quantitative estimate of drug-likeness (QED) is 0.869. The summed E-state index contributed by atoms with van der Waals surface area (Å²) in [6.07, 6.45) is 3.70. The van der Waals surface area contributed by atoms with Gasteiger partial charge in [0.1, 0.15) is 5.82 Å². The lowest BCUT2D eigenvalue weighted by atomic mass is 10.1. The second-order valence-corrected chi connectivity index (χ2v) is 5.44. The first-order valence-corrected chi connectivity index (χ1v) is 7.30. The van der Waals surface area contributed by atoms with Crippen molar-refractivity contribution in [3.8, 4) is 0 Å². The van der Waals surface area contributed by atoms with Crippen LogP contribution in [0.3, 0.4) is 0 Å². The van der Waals surface area contributed by atoms with Crippen molar-refractivity contribution in [1.29, 1.82) is 0 Å². The van der Waals surface area contributed by atoms with Crippen molar-refractivity contribution < 1.29 is 4.39 Å². The Kier molecular flexibility index (Phi) is 5.24. The molecular formula is C15H21ClFN5. The van der Waals surface area contributed by atoms with Gasteiger partial charge in [0.15, 0.2) is 0 Å². The molecule has 2 aromatic rings. The number of nitrogens with zero attached hydrogens (tertiary/aromatic N) is 5. The normalized spacial score (nSPS) is 14.6. The molecule has 1 aliphatic heterocycles. The minimum atomic E-state index is -0.237. The van der Waals surface area contributed by atoms with Crippen LogP contribution >= 0.6 is 12.4 Å². The summed E-state index contributed by atoms with van der Waals surface area (Å²) >= 11 is 0. The molecule has 0 unspecified atom stereocenters. The van der Waals surface area contributed by atoms with Gasteiger partial charge in [0, 0.05) is 32.9 Å². The van der Waals surface area contributed by atoms with Gasteiger partial charge in [0.05, 0.1) is 0 Å². The van der Waals surface area contributed by atoms with Gasteiger partial charge in [-0.3, -0.25) is 4.57 Å². The summed E-state index contributed by atoms with van der Waals surface area (Å²) in [4.78, 5) is 4.19. The highest BCUT2D eigenvalue weighted by atomic mass is 35.5. The average molecular weight is 326 g/mol. The number of halogens is 2. The zero-order valence-corrected chi connectivity index (χ0v) is 13.7. The van der Waals surface area contributed by atoms with E-state index in [1.54, 1.807) is 12.1 Å². The van der Waals surface area contributed by atoms with E-state index in [4.69, 9.17) is 0 Å². The molecule has 0 radical (unpaired) electrons. The van der Waals surface area contributed by atoms with Crippen LogP contribution in [0.2, 0.25) is 0 Å². The van der Waals surface area contributed by atoms with Crippen LogP contribution in [0.4, 0.5) is 22.0 Å². The van der Waals surface area contributed by atoms with Crippen molar-refractivity contribution in [3.05, 3.63) is 30.1 Å². The van der Waals surface area contributed by atoms with Crippen molar-refractivity contribution in [2.45, 2.75) is 19.3 Å². The molecule has 0 atom stereocenters. The lowest BCUT2D eigenvalue weighted by Crippen LogP contribution is -2.31.